The molecule has 68 heavy (non-hydrogen) atoms. The van der Waals surface area contributed by atoms with E-state index in [1.807, 2.05) is 0 Å². The number of ether oxygens (including phenoxy) is 8. The van der Waals surface area contributed by atoms with Crippen LogP contribution in [-0.2, 0) is 76.3 Å². The van der Waals surface area contributed by atoms with Crippen molar-refractivity contribution >= 4 is 47.8 Å². The lowest BCUT2D eigenvalue weighted by molar-refractivity contribution is -0.186. The number of hydrogen-bond acceptors (Lipinski definition) is 24. The lowest BCUT2D eigenvalue weighted by Gasteiger charge is -2.33. The van der Waals surface area contributed by atoms with E-state index in [0.29, 0.717) is 6.42 Å². The molecule has 0 unspecified atom stereocenters. The van der Waals surface area contributed by atoms with Gasteiger partial charge in [-0.25, -0.2) is 0 Å². The van der Waals surface area contributed by atoms with E-state index in [0.717, 1.165) is 48.5 Å². The van der Waals surface area contributed by atoms with Crippen molar-refractivity contribution in [1.29, 1.82) is 0 Å². The molecule has 0 aliphatic carbocycles. The fourth-order valence-corrected chi connectivity index (χ4v) is 4.37. The lowest BCUT2D eigenvalue weighted by Crippen LogP contribution is -2.48. The van der Waals surface area contributed by atoms with Crippen molar-refractivity contribution in [3.63, 3.8) is 0 Å². The topological polar surface area (TPSA) is 372 Å². The second-order valence-electron chi connectivity index (χ2n) is 19.2. The standard InChI is InChI=1S/C43H72O24.CH4/c1-11-36(2,3)28(52)60-12-13-61-33(57)41(8,22-66-34(58)42(9,24-62-29(53)37(4,14-44)15-45)25-63-30(54)38(5,16-46)17-47)23-67-35(59)43(10,26-64-31(55)39(6,18-48)19-49)27-65-32(56)40(7,20-50)21-51;/h44-51H,11-27H2,1-10H3;1H4. The molecular formula is C44H76O24. The molecule has 24 nitrogen and oxygen atoms in total. The summed E-state index contributed by atoms with van der Waals surface area (Å²) in [7, 11) is 0. The van der Waals surface area contributed by atoms with Crippen molar-refractivity contribution in [2.75, 3.05) is 106 Å². The van der Waals surface area contributed by atoms with E-state index in [2.05, 4.69) is 0 Å². The molecule has 24 heteroatoms. The molecule has 0 aromatic carbocycles. The van der Waals surface area contributed by atoms with Crippen LogP contribution in [0.3, 0.4) is 0 Å². The highest BCUT2D eigenvalue weighted by molar-refractivity contribution is 5.84. The van der Waals surface area contributed by atoms with Crippen molar-refractivity contribution in [1.82, 2.24) is 0 Å². The molecule has 396 valence electrons. The molecule has 8 N–H and O–H groups in total. The van der Waals surface area contributed by atoms with E-state index in [4.69, 9.17) is 37.9 Å². The summed E-state index contributed by atoms with van der Waals surface area (Å²) in [5.41, 5.74) is -14.9. The first-order chi connectivity index (χ1) is 30.9. The summed E-state index contributed by atoms with van der Waals surface area (Å²) >= 11 is 0. The smallest absolute Gasteiger partial charge is 0.318 e. The SMILES string of the molecule is C.CCC(C)(C)C(=O)OCCOC(=O)C(C)(COC(=O)C(C)(COC(=O)C(C)(CO)CO)COC(=O)C(C)(CO)CO)COC(=O)C(C)(COC(=O)C(C)(CO)CO)COC(=O)C(C)(CO)CO. The monoisotopic (exact) mass is 988 g/mol. The van der Waals surface area contributed by atoms with Crippen molar-refractivity contribution in [3.05, 3.63) is 0 Å². The molecule has 0 amide bonds. The fourth-order valence-electron chi connectivity index (χ4n) is 4.37. The molecule has 0 spiro atoms. The van der Waals surface area contributed by atoms with E-state index < -0.39 is 197 Å². The highest BCUT2D eigenvalue weighted by Crippen LogP contribution is 2.31. The van der Waals surface area contributed by atoms with Gasteiger partial charge in [-0.1, -0.05) is 14.4 Å². The van der Waals surface area contributed by atoms with Crippen molar-refractivity contribution in [2.45, 2.75) is 83.1 Å². The van der Waals surface area contributed by atoms with E-state index in [1.54, 1.807) is 20.8 Å². The second kappa shape index (κ2) is 27.6. The maximum absolute atomic E-state index is 14.0. The Balaban J connectivity index is 0. The predicted octanol–water partition coefficient (Wildman–Crippen LogP) is -1.61. The highest BCUT2D eigenvalue weighted by atomic mass is 16.6. The molecule has 0 aliphatic heterocycles. The third kappa shape index (κ3) is 17.4. The Kier molecular flexibility index (Phi) is 26.6. The Labute approximate surface area is 396 Å². The molecule has 0 rings (SSSR count). The molecular weight excluding hydrogens is 912 g/mol. The Bertz CT molecular complexity index is 1510. The van der Waals surface area contributed by atoms with Crippen molar-refractivity contribution in [3.8, 4) is 0 Å². The van der Waals surface area contributed by atoms with E-state index >= 15 is 0 Å². The first kappa shape index (κ1) is 65.5. The van der Waals surface area contributed by atoms with E-state index in [-0.39, 0.29) is 7.43 Å². The van der Waals surface area contributed by atoms with Crippen LogP contribution in [0.5, 0.6) is 0 Å². The molecule has 0 fully saturated rings. The van der Waals surface area contributed by atoms with Crippen molar-refractivity contribution in [2.24, 2.45) is 43.3 Å². The first-order valence-corrected chi connectivity index (χ1v) is 21.1. The summed E-state index contributed by atoms with van der Waals surface area (Å²) in [6, 6.07) is 0. The van der Waals surface area contributed by atoms with Crippen LogP contribution in [-0.4, -0.2) is 194 Å². The van der Waals surface area contributed by atoms with Crippen LogP contribution in [0.15, 0.2) is 0 Å². The number of aliphatic hydroxyl groups is 8. The normalized spacial score (nSPS) is 12.7. The first-order valence-electron chi connectivity index (χ1n) is 21.1. The van der Waals surface area contributed by atoms with Gasteiger partial charge in [-0.3, -0.25) is 38.4 Å². The van der Waals surface area contributed by atoms with Gasteiger partial charge in [0.2, 0.25) is 0 Å². The Hall–Kier alpha value is -4.56. The summed E-state index contributed by atoms with van der Waals surface area (Å²) in [4.78, 5) is 106. The highest BCUT2D eigenvalue weighted by Gasteiger charge is 2.48. The van der Waals surface area contributed by atoms with Crippen LogP contribution in [0.4, 0.5) is 0 Å². The third-order valence-corrected chi connectivity index (χ3v) is 11.4. The summed E-state index contributed by atoms with van der Waals surface area (Å²) in [5, 5.41) is 77.5. The predicted molar refractivity (Wildman–Crippen MR) is 232 cm³/mol. The molecule has 0 radical (unpaired) electrons. The minimum Gasteiger partial charge on any atom is -0.464 e. The van der Waals surface area contributed by atoms with Crippen LogP contribution in [0, 0.1) is 43.3 Å². The van der Waals surface area contributed by atoms with Gasteiger partial charge in [-0.15, -0.1) is 0 Å². The quantitative estimate of drug-likeness (QED) is 0.0213. The second-order valence-corrected chi connectivity index (χ2v) is 19.2. The number of rotatable bonds is 32. The molecule has 0 saturated carbocycles. The molecule has 0 heterocycles. The average Bonchev–Trinajstić information content (AvgIpc) is 3.33. The fraction of sp³-hybridized carbons (Fsp3) is 0.818. The van der Waals surface area contributed by atoms with Crippen LogP contribution in [0.25, 0.3) is 0 Å². The molecule has 0 bridgehead atoms. The molecule has 0 aliphatic rings. The number of esters is 8. The van der Waals surface area contributed by atoms with Crippen molar-refractivity contribution < 1.29 is 117 Å². The van der Waals surface area contributed by atoms with Gasteiger partial charge >= 0.3 is 47.8 Å². The zero-order chi connectivity index (χ0) is 52.3. The van der Waals surface area contributed by atoms with Gasteiger partial charge in [0, 0.05) is 0 Å². The number of carbonyl (C=O) groups excluding carboxylic acids is 8. The van der Waals surface area contributed by atoms with Crippen LogP contribution in [0.2, 0.25) is 0 Å². The summed E-state index contributed by atoms with van der Waals surface area (Å²) in [5.74, 6) is -9.32. The minimum absolute atomic E-state index is 0. The minimum atomic E-state index is -2.21. The van der Waals surface area contributed by atoms with Gasteiger partial charge in [0.1, 0.15) is 90.8 Å². The third-order valence-electron chi connectivity index (χ3n) is 11.4. The average molecular weight is 989 g/mol. The zero-order valence-corrected chi connectivity index (χ0v) is 40.1. The van der Waals surface area contributed by atoms with E-state index in [1.165, 1.54) is 0 Å². The zero-order valence-electron chi connectivity index (χ0n) is 40.1. The molecule has 0 atom stereocenters. The maximum atomic E-state index is 14.0. The number of carbonyl (C=O) groups is 8. The maximum Gasteiger partial charge on any atom is 0.318 e. The van der Waals surface area contributed by atoms with Gasteiger partial charge in [0.25, 0.3) is 0 Å². The Morgan fingerprint density at radius 1 is 0.294 bits per heavy atom. The lowest BCUT2D eigenvalue weighted by atomic mass is 9.89. The summed E-state index contributed by atoms with van der Waals surface area (Å²) in [6.07, 6.45) is 0.407. The van der Waals surface area contributed by atoms with Gasteiger partial charge < -0.3 is 78.7 Å². The Morgan fingerprint density at radius 3 is 0.632 bits per heavy atom. The number of hydrogen-bond donors (Lipinski definition) is 8. The molecule has 0 aromatic heterocycles. The van der Waals surface area contributed by atoms with Gasteiger partial charge in [-0.05, 0) is 68.7 Å². The van der Waals surface area contributed by atoms with E-state index in [9.17, 15) is 79.2 Å². The summed E-state index contributed by atoms with van der Waals surface area (Å²) < 4.78 is 42.5. The largest absolute Gasteiger partial charge is 0.464 e. The van der Waals surface area contributed by atoms with Crippen LogP contribution < -0.4 is 0 Å². The van der Waals surface area contributed by atoms with Crippen LogP contribution in [0.1, 0.15) is 83.1 Å². The Morgan fingerprint density at radius 2 is 0.456 bits per heavy atom. The number of aliphatic hydroxyl groups excluding tert-OH is 8. The molecule has 0 saturated heterocycles. The molecule has 0 aromatic rings. The van der Waals surface area contributed by atoms with Crippen LogP contribution >= 0.6 is 0 Å². The van der Waals surface area contributed by atoms with Gasteiger partial charge in [-0.2, -0.15) is 0 Å². The van der Waals surface area contributed by atoms with Gasteiger partial charge in [0.05, 0.1) is 58.3 Å². The summed E-state index contributed by atoms with van der Waals surface area (Å²) in [6.45, 7) is -1.18. The van der Waals surface area contributed by atoms with Gasteiger partial charge in [0.15, 0.2) is 0 Å².